The highest BCUT2D eigenvalue weighted by Crippen LogP contribution is 2.34. The summed E-state index contributed by atoms with van der Waals surface area (Å²) in [5.74, 6) is 0.473. The molecular weight excluding hydrogens is 332 g/mol. The van der Waals surface area contributed by atoms with Crippen molar-refractivity contribution >= 4 is 17.5 Å². The molecule has 0 fully saturated rings. The fourth-order valence-electron chi connectivity index (χ4n) is 3.13. The summed E-state index contributed by atoms with van der Waals surface area (Å²) < 4.78 is 5.24. The summed E-state index contributed by atoms with van der Waals surface area (Å²) in [4.78, 5) is 33.3. The molecule has 1 atom stereocenters. The van der Waals surface area contributed by atoms with E-state index in [0.29, 0.717) is 30.2 Å². The maximum absolute atomic E-state index is 12.7. The number of nitrogens with zero attached hydrogens (tertiary/aromatic N) is 2. The van der Waals surface area contributed by atoms with Gasteiger partial charge < -0.3 is 15.4 Å². The Kier molecular flexibility index (Phi) is 5.16. The van der Waals surface area contributed by atoms with Crippen LogP contribution >= 0.6 is 0 Å². The highest BCUT2D eigenvalue weighted by atomic mass is 16.5. The minimum Gasteiger partial charge on any atom is -0.497 e. The van der Waals surface area contributed by atoms with Crippen molar-refractivity contribution in [2.75, 3.05) is 19.0 Å². The van der Waals surface area contributed by atoms with E-state index < -0.39 is 5.92 Å². The largest absolute Gasteiger partial charge is 0.497 e. The maximum atomic E-state index is 12.7. The highest BCUT2D eigenvalue weighted by molar-refractivity contribution is 6.01. The summed E-state index contributed by atoms with van der Waals surface area (Å²) >= 11 is 0. The molecule has 2 amide bonds. The molecule has 0 spiro atoms. The number of aryl methyl sites for hydroxylation is 2. The Morgan fingerprint density at radius 1 is 1.27 bits per heavy atom. The number of methoxy groups -OCH3 is 1. The van der Waals surface area contributed by atoms with Crippen LogP contribution < -0.4 is 15.4 Å². The molecule has 1 aliphatic rings. The van der Waals surface area contributed by atoms with Gasteiger partial charge in [-0.3, -0.25) is 9.59 Å². The monoisotopic (exact) mass is 354 g/mol. The molecule has 1 aliphatic heterocycles. The molecule has 26 heavy (non-hydrogen) atoms. The lowest BCUT2D eigenvalue weighted by molar-refractivity contribution is -0.126. The summed E-state index contributed by atoms with van der Waals surface area (Å²) in [5, 5.41) is 5.69. The molecule has 0 saturated carbocycles. The third kappa shape index (κ3) is 3.99. The summed E-state index contributed by atoms with van der Waals surface area (Å²) in [7, 11) is 1.57. The van der Waals surface area contributed by atoms with Gasteiger partial charge in [-0.2, -0.15) is 0 Å². The zero-order valence-corrected chi connectivity index (χ0v) is 15.1. The first-order valence-corrected chi connectivity index (χ1v) is 8.53. The van der Waals surface area contributed by atoms with Crippen molar-refractivity contribution in [1.29, 1.82) is 0 Å². The van der Waals surface area contributed by atoms with Gasteiger partial charge in [-0.05, 0) is 43.7 Å². The zero-order valence-electron chi connectivity index (χ0n) is 15.1. The van der Waals surface area contributed by atoms with Gasteiger partial charge in [0.2, 0.25) is 11.8 Å². The van der Waals surface area contributed by atoms with Crippen LogP contribution in [0.1, 0.15) is 35.1 Å². The van der Waals surface area contributed by atoms with Crippen molar-refractivity contribution in [3.63, 3.8) is 0 Å². The number of ether oxygens (including phenoxy) is 1. The topological polar surface area (TPSA) is 93.2 Å². The molecular formula is C19H22N4O3. The Hall–Kier alpha value is -2.96. The highest BCUT2D eigenvalue weighted by Gasteiger charge is 2.30. The van der Waals surface area contributed by atoms with Gasteiger partial charge in [-0.1, -0.05) is 0 Å². The van der Waals surface area contributed by atoms with Crippen LogP contribution in [0, 0.1) is 13.8 Å². The molecule has 7 heteroatoms. The number of fused-ring (bicyclic) bond motifs is 1. The number of anilines is 1. The Labute approximate surface area is 152 Å². The fraction of sp³-hybridized carbons (Fsp3) is 0.368. The summed E-state index contributed by atoms with van der Waals surface area (Å²) in [6.45, 7) is 4.25. The molecule has 0 saturated heterocycles. The van der Waals surface area contributed by atoms with Gasteiger partial charge in [-0.25, -0.2) is 9.97 Å². The number of hydrogen-bond donors (Lipinski definition) is 2. The quantitative estimate of drug-likeness (QED) is 0.855. The van der Waals surface area contributed by atoms with E-state index in [4.69, 9.17) is 4.74 Å². The lowest BCUT2D eigenvalue weighted by Gasteiger charge is -2.25. The number of aromatic nitrogens is 2. The summed E-state index contributed by atoms with van der Waals surface area (Å²) in [6.07, 6.45) is 0.657. The molecule has 0 aliphatic carbocycles. The van der Waals surface area contributed by atoms with Crippen LogP contribution in [0.2, 0.25) is 0 Å². The van der Waals surface area contributed by atoms with E-state index in [1.54, 1.807) is 25.3 Å². The first kappa shape index (κ1) is 17.8. The number of rotatable bonds is 5. The number of carbonyl (C=O) groups excluding carboxylic acids is 2. The SMILES string of the molecule is COc1ccc2c(c1)[C@H](C(=O)NCCc1nc(C)cc(C)n1)CC(=O)N2. The van der Waals surface area contributed by atoms with Crippen LogP contribution in [-0.4, -0.2) is 35.4 Å². The summed E-state index contributed by atoms with van der Waals surface area (Å²) in [5.41, 5.74) is 3.23. The maximum Gasteiger partial charge on any atom is 0.228 e. The first-order valence-electron chi connectivity index (χ1n) is 8.53. The molecule has 0 unspecified atom stereocenters. The van der Waals surface area contributed by atoms with Gasteiger partial charge in [0.25, 0.3) is 0 Å². The average molecular weight is 354 g/mol. The second kappa shape index (κ2) is 7.51. The predicted octanol–water partition coefficient (Wildman–Crippen LogP) is 1.89. The van der Waals surface area contributed by atoms with Crippen molar-refractivity contribution in [2.45, 2.75) is 32.6 Å². The van der Waals surface area contributed by atoms with Crippen LogP contribution in [0.5, 0.6) is 5.75 Å². The minimum absolute atomic E-state index is 0.117. The molecule has 2 heterocycles. The van der Waals surface area contributed by atoms with Gasteiger partial charge in [-0.15, -0.1) is 0 Å². The van der Waals surface area contributed by atoms with E-state index in [1.807, 2.05) is 19.9 Å². The molecule has 0 bridgehead atoms. The fourth-order valence-corrected chi connectivity index (χ4v) is 3.13. The van der Waals surface area contributed by atoms with E-state index >= 15 is 0 Å². The van der Waals surface area contributed by atoms with E-state index in [0.717, 1.165) is 17.0 Å². The Morgan fingerprint density at radius 3 is 2.69 bits per heavy atom. The molecule has 7 nitrogen and oxygen atoms in total. The Balaban J connectivity index is 1.69. The van der Waals surface area contributed by atoms with Gasteiger partial charge in [0, 0.05) is 36.5 Å². The van der Waals surface area contributed by atoms with Crippen LogP contribution in [0.15, 0.2) is 24.3 Å². The molecule has 136 valence electrons. The number of benzene rings is 1. The van der Waals surface area contributed by atoms with Gasteiger partial charge in [0.05, 0.1) is 13.0 Å². The molecule has 3 rings (SSSR count). The summed E-state index contributed by atoms with van der Waals surface area (Å²) in [6, 6.07) is 7.23. The standard InChI is InChI=1S/C19H22N4O3/c1-11-8-12(2)22-17(21-11)6-7-20-19(25)15-10-18(24)23-16-5-4-13(26-3)9-14(15)16/h4-5,8-9,15H,6-7,10H2,1-3H3,(H,20,25)(H,23,24)/t15-/m1/s1. The van der Waals surface area contributed by atoms with Gasteiger partial charge >= 0.3 is 0 Å². The van der Waals surface area contributed by atoms with Gasteiger partial charge in [0.15, 0.2) is 0 Å². The third-order valence-corrected chi connectivity index (χ3v) is 4.29. The smallest absolute Gasteiger partial charge is 0.228 e. The molecule has 2 N–H and O–H groups in total. The van der Waals surface area contributed by atoms with Crippen molar-refractivity contribution < 1.29 is 14.3 Å². The van der Waals surface area contributed by atoms with Crippen molar-refractivity contribution in [1.82, 2.24) is 15.3 Å². The average Bonchev–Trinajstić information content (AvgIpc) is 2.59. The predicted molar refractivity (Wildman–Crippen MR) is 97.2 cm³/mol. The number of hydrogen-bond acceptors (Lipinski definition) is 5. The van der Waals surface area contributed by atoms with Crippen LogP contribution in [0.25, 0.3) is 0 Å². The van der Waals surface area contributed by atoms with Crippen LogP contribution in [0.4, 0.5) is 5.69 Å². The lowest BCUT2D eigenvalue weighted by Crippen LogP contribution is -2.36. The van der Waals surface area contributed by atoms with E-state index in [1.165, 1.54) is 0 Å². The number of carbonyl (C=O) groups is 2. The Morgan fingerprint density at radius 2 is 2.00 bits per heavy atom. The van der Waals surface area contributed by atoms with Crippen LogP contribution in [0.3, 0.4) is 0 Å². The normalized spacial score (nSPS) is 15.8. The first-order chi connectivity index (χ1) is 12.5. The van der Waals surface area contributed by atoms with Crippen molar-refractivity contribution in [3.8, 4) is 5.75 Å². The molecule has 1 aromatic heterocycles. The second-order valence-corrected chi connectivity index (χ2v) is 6.37. The second-order valence-electron chi connectivity index (χ2n) is 6.37. The van der Waals surface area contributed by atoms with Crippen LogP contribution in [-0.2, 0) is 16.0 Å². The molecule has 2 aromatic rings. The third-order valence-electron chi connectivity index (χ3n) is 4.29. The molecule has 1 aromatic carbocycles. The van der Waals surface area contributed by atoms with E-state index in [9.17, 15) is 9.59 Å². The van der Waals surface area contributed by atoms with E-state index in [-0.39, 0.29) is 18.2 Å². The Bertz CT molecular complexity index is 830. The zero-order chi connectivity index (χ0) is 18.7. The molecule has 0 radical (unpaired) electrons. The lowest BCUT2D eigenvalue weighted by atomic mass is 9.89. The minimum atomic E-state index is -0.533. The number of amides is 2. The van der Waals surface area contributed by atoms with Crippen molar-refractivity contribution in [2.24, 2.45) is 0 Å². The van der Waals surface area contributed by atoms with Gasteiger partial charge in [0.1, 0.15) is 11.6 Å². The number of nitrogens with one attached hydrogen (secondary N) is 2. The van der Waals surface area contributed by atoms with Crippen molar-refractivity contribution in [3.05, 3.63) is 47.0 Å². The van der Waals surface area contributed by atoms with E-state index in [2.05, 4.69) is 20.6 Å².